The van der Waals surface area contributed by atoms with Crippen LogP contribution in [-0.4, -0.2) is 24.9 Å². The average molecular weight is 371 g/mol. The largest absolute Gasteiger partial charge is 0.465 e. The van der Waals surface area contributed by atoms with Crippen LogP contribution in [0, 0.1) is 6.92 Å². The molecular weight excluding hydrogens is 354 g/mol. The highest BCUT2D eigenvalue weighted by Gasteiger charge is 2.37. The summed E-state index contributed by atoms with van der Waals surface area (Å²) in [4.78, 5) is 38.4. The molecule has 0 saturated carbocycles. The highest BCUT2D eigenvalue weighted by molar-refractivity contribution is 6.34. The number of fused-ring (bicyclic) bond motifs is 1. The molecule has 1 aliphatic heterocycles. The summed E-state index contributed by atoms with van der Waals surface area (Å²) in [5.74, 6) is -1.41. The van der Waals surface area contributed by atoms with E-state index in [1.54, 1.807) is 12.1 Å². The van der Waals surface area contributed by atoms with Gasteiger partial charge in [0.2, 0.25) is 0 Å². The Kier molecular flexibility index (Phi) is 4.28. The molecule has 4 rings (SSSR count). The summed E-state index contributed by atoms with van der Waals surface area (Å²) in [7, 11) is 1.27. The predicted molar refractivity (Wildman–Crippen MR) is 106 cm³/mol. The van der Waals surface area contributed by atoms with Gasteiger partial charge in [0.05, 0.1) is 29.5 Å². The lowest BCUT2D eigenvalue weighted by Crippen LogP contribution is -2.29. The van der Waals surface area contributed by atoms with Gasteiger partial charge in [0, 0.05) is 0 Å². The molecule has 0 aliphatic carbocycles. The van der Waals surface area contributed by atoms with E-state index in [0.29, 0.717) is 5.69 Å². The summed E-state index contributed by atoms with van der Waals surface area (Å²) in [5.41, 5.74) is 4.43. The minimum atomic E-state index is -0.552. The van der Waals surface area contributed by atoms with Crippen LogP contribution in [0.3, 0.4) is 0 Å². The molecule has 138 valence electrons. The van der Waals surface area contributed by atoms with Crippen LogP contribution in [0.4, 0.5) is 5.69 Å². The van der Waals surface area contributed by atoms with Crippen molar-refractivity contribution in [1.82, 2.24) is 0 Å². The van der Waals surface area contributed by atoms with E-state index >= 15 is 0 Å². The molecular formula is C23H17NO4. The molecule has 1 aliphatic rings. The van der Waals surface area contributed by atoms with E-state index < -0.39 is 17.8 Å². The Morgan fingerprint density at radius 2 is 1.36 bits per heavy atom. The van der Waals surface area contributed by atoms with Gasteiger partial charge in [0.1, 0.15) is 0 Å². The summed E-state index contributed by atoms with van der Waals surface area (Å²) in [6.07, 6.45) is 0. The van der Waals surface area contributed by atoms with Crippen molar-refractivity contribution in [2.75, 3.05) is 12.0 Å². The van der Waals surface area contributed by atoms with Crippen molar-refractivity contribution in [1.29, 1.82) is 0 Å². The molecule has 0 radical (unpaired) electrons. The van der Waals surface area contributed by atoms with Crippen molar-refractivity contribution in [3.05, 3.63) is 89.0 Å². The van der Waals surface area contributed by atoms with Crippen LogP contribution >= 0.6 is 0 Å². The third kappa shape index (κ3) is 2.87. The first kappa shape index (κ1) is 17.7. The molecule has 0 saturated heterocycles. The summed E-state index contributed by atoms with van der Waals surface area (Å²) < 4.78 is 4.68. The van der Waals surface area contributed by atoms with Gasteiger partial charge in [-0.2, -0.15) is 0 Å². The second-order valence-corrected chi connectivity index (χ2v) is 6.61. The van der Waals surface area contributed by atoms with Crippen molar-refractivity contribution in [2.24, 2.45) is 0 Å². The van der Waals surface area contributed by atoms with Crippen LogP contribution in [0.2, 0.25) is 0 Å². The Morgan fingerprint density at radius 3 is 1.96 bits per heavy atom. The maximum atomic E-state index is 12.8. The third-order valence-corrected chi connectivity index (χ3v) is 4.82. The lowest BCUT2D eigenvalue weighted by Gasteiger charge is -2.14. The molecule has 1 heterocycles. The van der Waals surface area contributed by atoms with Gasteiger partial charge in [-0.25, -0.2) is 9.69 Å². The zero-order chi connectivity index (χ0) is 19.8. The smallest absolute Gasteiger partial charge is 0.337 e. The highest BCUT2D eigenvalue weighted by Crippen LogP contribution is 2.31. The van der Waals surface area contributed by atoms with Crippen LogP contribution < -0.4 is 4.90 Å². The molecule has 0 spiro atoms. The van der Waals surface area contributed by atoms with Gasteiger partial charge in [-0.05, 0) is 48.4 Å². The Labute approximate surface area is 162 Å². The summed E-state index contributed by atoms with van der Waals surface area (Å²) >= 11 is 0. The number of esters is 1. The Hall–Kier alpha value is -3.73. The van der Waals surface area contributed by atoms with Crippen LogP contribution in [0.1, 0.15) is 36.6 Å². The van der Waals surface area contributed by atoms with E-state index in [2.05, 4.69) is 4.74 Å². The van der Waals surface area contributed by atoms with E-state index in [9.17, 15) is 14.4 Å². The summed E-state index contributed by atoms with van der Waals surface area (Å²) in [6.45, 7) is 2.03. The Balaban J connectivity index is 1.66. The van der Waals surface area contributed by atoms with Crippen LogP contribution in [0.25, 0.3) is 11.1 Å². The number of aryl methyl sites for hydroxylation is 1. The number of methoxy groups -OCH3 is 1. The number of rotatable bonds is 3. The van der Waals surface area contributed by atoms with Gasteiger partial charge >= 0.3 is 5.97 Å². The number of anilines is 1. The number of imide groups is 1. The topological polar surface area (TPSA) is 63.7 Å². The monoisotopic (exact) mass is 371 g/mol. The molecule has 0 aromatic heterocycles. The molecule has 0 N–H and O–H groups in total. The molecule has 0 atom stereocenters. The molecule has 5 nitrogen and oxygen atoms in total. The van der Waals surface area contributed by atoms with Gasteiger partial charge in [-0.15, -0.1) is 0 Å². The fourth-order valence-electron chi connectivity index (χ4n) is 3.27. The molecule has 0 bridgehead atoms. The van der Waals surface area contributed by atoms with Gasteiger partial charge in [-0.3, -0.25) is 9.59 Å². The molecule has 3 aromatic rings. The number of amides is 2. The van der Waals surface area contributed by atoms with E-state index in [-0.39, 0.29) is 16.7 Å². The van der Waals surface area contributed by atoms with Crippen molar-refractivity contribution in [3.8, 4) is 11.1 Å². The van der Waals surface area contributed by atoms with Crippen molar-refractivity contribution in [2.45, 2.75) is 6.92 Å². The maximum Gasteiger partial charge on any atom is 0.337 e. The standard InChI is InChI=1S/C23H17NO4/c1-14-3-5-15(6-4-14)16-7-10-18(11-8-16)24-21(25)19-12-9-17(23(27)28-2)13-20(19)22(24)26/h3-13H,1-2H3. The SMILES string of the molecule is COC(=O)c1ccc2c(c1)C(=O)N(c1ccc(-c3ccc(C)cc3)cc1)C2=O. The van der Waals surface area contributed by atoms with Crippen LogP contribution in [-0.2, 0) is 4.74 Å². The second-order valence-electron chi connectivity index (χ2n) is 6.61. The molecule has 0 fully saturated rings. The highest BCUT2D eigenvalue weighted by atomic mass is 16.5. The second kappa shape index (κ2) is 6.78. The van der Waals surface area contributed by atoms with Gasteiger partial charge < -0.3 is 4.74 Å². The minimum absolute atomic E-state index is 0.204. The van der Waals surface area contributed by atoms with Crippen molar-refractivity contribution < 1.29 is 19.1 Å². The van der Waals surface area contributed by atoms with E-state index in [4.69, 9.17) is 0 Å². The number of hydrogen-bond acceptors (Lipinski definition) is 4. The van der Waals surface area contributed by atoms with Crippen molar-refractivity contribution >= 4 is 23.5 Å². The van der Waals surface area contributed by atoms with Gasteiger partial charge in [0.25, 0.3) is 11.8 Å². The Bertz CT molecular complexity index is 1100. The minimum Gasteiger partial charge on any atom is -0.465 e. The number of hydrogen-bond donors (Lipinski definition) is 0. The number of carbonyl (C=O) groups excluding carboxylic acids is 3. The molecule has 2 amide bonds. The van der Waals surface area contributed by atoms with Gasteiger partial charge in [0.15, 0.2) is 0 Å². The fourth-order valence-corrected chi connectivity index (χ4v) is 3.27. The molecule has 28 heavy (non-hydrogen) atoms. The quantitative estimate of drug-likeness (QED) is 0.510. The predicted octanol–water partition coefficient (Wildman–Crippen LogP) is 4.25. The van der Waals surface area contributed by atoms with E-state index in [1.807, 2.05) is 43.3 Å². The summed E-state index contributed by atoms with van der Waals surface area (Å²) in [5, 5.41) is 0. The van der Waals surface area contributed by atoms with Crippen LogP contribution in [0.15, 0.2) is 66.7 Å². The van der Waals surface area contributed by atoms with E-state index in [1.165, 1.54) is 30.9 Å². The average Bonchev–Trinajstić information content (AvgIpc) is 2.98. The molecule has 0 unspecified atom stereocenters. The number of nitrogens with zero attached hydrogens (tertiary/aromatic N) is 1. The lowest BCUT2D eigenvalue weighted by atomic mass is 10.0. The Morgan fingerprint density at radius 1 is 0.786 bits per heavy atom. The normalized spacial score (nSPS) is 12.9. The van der Waals surface area contributed by atoms with Crippen molar-refractivity contribution in [3.63, 3.8) is 0 Å². The number of benzene rings is 3. The zero-order valence-corrected chi connectivity index (χ0v) is 15.4. The maximum absolute atomic E-state index is 12.8. The number of carbonyl (C=O) groups is 3. The first-order chi connectivity index (χ1) is 13.5. The first-order valence-electron chi connectivity index (χ1n) is 8.78. The van der Waals surface area contributed by atoms with E-state index in [0.717, 1.165) is 16.0 Å². The zero-order valence-electron chi connectivity index (χ0n) is 15.4. The first-order valence-corrected chi connectivity index (χ1v) is 8.78. The third-order valence-electron chi connectivity index (χ3n) is 4.82. The summed E-state index contributed by atoms with van der Waals surface area (Å²) in [6, 6.07) is 19.8. The van der Waals surface area contributed by atoms with Crippen LogP contribution in [0.5, 0.6) is 0 Å². The molecule has 5 heteroatoms. The number of ether oxygens (including phenoxy) is 1. The molecule has 3 aromatic carbocycles. The van der Waals surface area contributed by atoms with Gasteiger partial charge in [-0.1, -0.05) is 42.0 Å². The lowest BCUT2D eigenvalue weighted by molar-refractivity contribution is 0.0600. The fraction of sp³-hybridized carbons (Fsp3) is 0.0870.